The van der Waals surface area contributed by atoms with Crippen LogP contribution in [-0.2, 0) is 11.2 Å². The first-order valence-corrected chi connectivity index (χ1v) is 8.11. The van der Waals surface area contributed by atoms with E-state index >= 15 is 0 Å². The number of rotatable bonds is 3. The standard InChI is InChI=1S/C15H19ClOS/c16-11-15(5-7-17-8-6-15)10-13-9-12-3-1-2-4-14(12)18-13/h1-4,13H,5-11H2. The summed E-state index contributed by atoms with van der Waals surface area (Å²) < 4.78 is 5.49. The zero-order chi connectivity index (χ0) is 12.4. The first-order valence-electron chi connectivity index (χ1n) is 6.70. The zero-order valence-corrected chi connectivity index (χ0v) is 12.1. The number of hydrogen-bond donors (Lipinski definition) is 0. The average molecular weight is 283 g/mol. The molecule has 18 heavy (non-hydrogen) atoms. The summed E-state index contributed by atoms with van der Waals surface area (Å²) in [6.45, 7) is 1.77. The molecule has 1 nitrogen and oxygen atoms in total. The van der Waals surface area contributed by atoms with E-state index in [1.165, 1.54) is 23.3 Å². The van der Waals surface area contributed by atoms with E-state index in [0.717, 1.165) is 31.9 Å². The predicted octanol–water partition coefficient (Wildman–Crippen LogP) is 4.13. The van der Waals surface area contributed by atoms with Crippen LogP contribution in [0, 0.1) is 5.41 Å². The molecule has 0 spiro atoms. The molecule has 0 saturated carbocycles. The van der Waals surface area contributed by atoms with E-state index in [0.29, 0.717) is 10.7 Å². The van der Waals surface area contributed by atoms with Gasteiger partial charge < -0.3 is 4.74 Å². The van der Waals surface area contributed by atoms with Crippen LogP contribution in [-0.4, -0.2) is 24.3 Å². The van der Waals surface area contributed by atoms with Crippen molar-refractivity contribution in [1.29, 1.82) is 0 Å². The van der Waals surface area contributed by atoms with Crippen LogP contribution >= 0.6 is 23.4 Å². The van der Waals surface area contributed by atoms with E-state index in [1.807, 2.05) is 11.8 Å². The van der Waals surface area contributed by atoms with E-state index in [1.54, 1.807) is 0 Å². The molecule has 0 amide bonds. The molecule has 0 radical (unpaired) electrons. The maximum absolute atomic E-state index is 6.26. The zero-order valence-electron chi connectivity index (χ0n) is 10.5. The van der Waals surface area contributed by atoms with Crippen LogP contribution in [0.4, 0.5) is 0 Å². The molecule has 1 unspecified atom stereocenters. The largest absolute Gasteiger partial charge is 0.381 e. The van der Waals surface area contributed by atoms with Gasteiger partial charge in [0.2, 0.25) is 0 Å². The van der Waals surface area contributed by atoms with Gasteiger partial charge >= 0.3 is 0 Å². The molecular formula is C15H19ClOS. The van der Waals surface area contributed by atoms with Crippen molar-refractivity contribution in [3.63, 3.8) is 0 Å². The van der Waals surface area contributed by atoms with Crippen LogP contribution < -0.4 is 0 Å². The van der Waals surface area contributed by atoms with Gasteiger partial charge in [-0.2, -0.15) is 0 Å². The minimum atomic E-state index is 0.319. The SMILES string of the molecule is ClCC1(CC2Cc3ccccc3S2)CCOCC1. The number of alkyl halides is 1. The van der Waals surface area contributed by atoms with Crippen molar-refractivity contribution in [3.05, 3.63) is 29.8 Å². The van der Waals surface area contributed by atoms with E-state index in [9.17, 15) is 0 Å². The summed E-state index contributed by atoms with van der Waals surface area (Å²) in [6.07, 6.45) is 4.70. The van der Waals surface area contributed by atoms with Gasteiger partial charge in [-0.3, -0.25) is 0 Å². The van der Waals surface area contributed by atoms with E-state index in [4.69, 9.17) is 16.3 Å². The quantitative estimate of drug-likeness (QED) is 0.771. The highest BCUT2D eigenvalue weighted by molar-refractivity contribution is 8.00. The van der Waals surface area contributed by atoms with Crippen molar-refractivity contribution in [3.8, 4) is 0 Å². The van der Waals surface area contributed by atoms with Gasteiger partial charge in [-0.1, -0.05) is 18.2 Å². The van der Waals surface area contributed by atoms with Crippen LogP contribution in [0.1, 0.15) is 24.8 Å². The number of fused-ring (bicyclic) bond motifs is 1. The van der Waals surface area contributed by atoms with Crippen LogP contribution in [0.25, 0.3) is 0 Å². The summed E-state index contributed by atoms with van der Waals surface area (Å²) in [4.78, 5) is 1.47. The Morgan fingerprint density at radius 3 is 2.78 bits per heavy atom. The fourth-order valence-electron chi connectivity index (χ4n) is 3.05. The molecule has 98 valence electrons. The molecule has 2 aliphatic heterocycles. The molecule has 1 aromatic carbocycles. The number of ether oxygens (including phenoxy) is 1. The summed E-state index contributed by atoms with van der Waals surface area (Å²) in [5.41, 5.74) is 1.84. The van der Waals surface area contributed by atoms with Crippen LogP contribution in [0.15, 0.2) is 29.2 Å². The van der Waals surface area contributed by atoms with Gasteiger partial charge in [0.15, 0.2) is 0 Å². The molecule has 3 heteroatoms. The Kier molecular flexibility index (Phi) is 3.88. The lowest BCUT2D eigenvalue weighted by atomic mass is 9.77. The highest BCUT2D eigenvalue weighted by Crippen LogP contribution is 2.45. The summed E-state index contributed by atoms with van der Waals surface area (Å²) in [5, 5.41) is 0.708. The van der Waals surface area contributed by atoms with E-state index < -0.39 is 0 Å². The second-order valence-electron chi connectivity index (χ2n) is 5.50. The highest BCUT2D eigenvalue weighted by atomic mass is 35.5. The number of hydrogen-bond acceptors (Lipinski definition) is 2. The Labute approximate surface area is 118 Å². The predicted molar refractivity (Wildman–Crippen MR) is 77.6 cm³/mol. The maximum atomic E-state index is 6.26. The first-order chi connectivity index (χ1) is 8.81. The number of halogens is 1. The molecule has 2 aliphatic rings. The van der Waals surface area contributed by atoms with Crippen LogP contribution in [0.3, 0.4) is 0 Å². The molecule has 1 aromatic rings. The Hall–Kier alpha value is -0.180. The Morgan fingerprint density at radius 1 is 1.28 bits per heavy atom. The summed E-state index contributed by atoms with van der Waals surface area (Å²) in [6, 6.07) is 8.80. The van der Waals surface area contributed by atoms with E-state index in [-0.39, 0.29) is 0 Å². The highest BCUT2D eigenvalue weighted by Gasteiger charge is 2.36. The molecule has 2 heterocycles. The molecular weight excluding hydrogens is 264 g/mol. The van der Waals surface area contributed by atoms with Gasteiger partial charge in [0.05, 0.1) is 0 Å². The van der Waals surface area contributed by atoms with Gasteiger partial charge in [-0.05, 0) is 42.7 Å². The van der Waals surface area contributed by atoms with Gasteiger partial charge in [-0.25, -0.2) is 0 Å². The molecule has 3 rings (SSSR count). The third-order valence-electron chi connectivity index (χ3n) is 4.21. The molecule has 0 aliphatic carbocycles. The molecule has 0 bridgehead atoms. The van der Waals surface area contributed by atoms with Gasteiger partial charge in [0, 0.05) is 29.2 Å². The van der Waals surface area contributed by atoms with Crippen molar-refractivity contribution in [2.45, 2.75) is 35.8 Å². The first kappa shape index (κ1) is 12.8. The second-order valence-corrected chi connectivity index (χ2v) is 7.11. The second kappa shape index (κ2) is 5.44. The monoisotopic (exact) mass is 282 g/mol. The lowest BCUT2D eigenvalue weighted by molar-refractivity contribution is 0.0215. The van der Waals surface area contributed by atoms with Crippen molar-refractivity contribution in [2.24, 2.45) is 5.41 Å². The lowest BCUT2D eigenvalue weighted by Gasteiger charge is -2.37. The van der Waals surface area contributed by atoms with Gasteiger partial charge in [-0.15, -0.1) is 23.4 Å². The van der Waals surface area contributed by atoms with Crippen molar-refractivity contribution >= 4 is 23.4 Å². The maximum Gasteiger partial charge on any atom is 0.0471 e. The fraction of sp³-hybridized carbons (Fsp3) is 0.600. The average Bonchev–Trinajstić information content (AvgIpc) is 2.81. The molecule has 0 aromatic heterocycles. The van der Waals surface area contributed by atoms with Crippen molar-refractivity contribution in [2.75, 3.05) is 19.1 Å². The Bertz CT molecular complexity index is 390. The van der Waals surface area contributed by atoms with Gasteiger partial charge in [0.25, 0.3) is 0 Å². The number of thioether (sulfide) groups is 1. The fourth-order valence-corrected chi connectivity index (χ4v) is 4.94. The van der Waals surface area contributed by atoms with Crippen molar-refractivity contribution < 1.29 is 4.74 Å². The third-order valence-corrected chi connectivity index (χ3v) is 6.10. The minimum absolute atomic E-state index is 0.319. The Morgan fingerprint density at radius 2 is 2.06 bits per heavy atom. The van der Waals surface area contributed by atoms with Crippen molar-refractivity contribution in [1.82, 2.24) is 0 Å². The van der Waals surface area contributed by atoms with Crippen LogP contribution in [0.2, 0.25) is 0 Å². The molecule has 1 fully saturated rings. The molecule has 1 atom stereocenters. The Balaban J connectivity index is 1.67. The lowest BCUT2D eigenvalue weighted by Crippen LogP contribution is -2.34. The summed E-state index contributed by atoms with van der Waals surface area (Å²) in [5.74, 6) is 0.782. The van der Waals surface area contributed by atoms with Crippen LogP contribution in [0.5, 0.6) is 0 Å². The molecule has 1 saturated heterocycles. The smallest absolute Gasteiger partial charge is 0.0471 e. The van der Waals surface area contributed by atoms with E-state index in [2.05, 4.69) is 24.3 Å². The normalized spacial score (nSPS) is 25.9. The summed E-state index contributed by atoms with van der Waals surface area (Å²) >= 11 is 8.31. The topological polar surface area (TPSA) is 9.23 Å². The molecule has 0 N–H and O–H groups in total. The minimum Gasteiger partial charge on any atom is -0.381 e. The number of benzene rings is 1. The summed E-state index contributed by atoms with van der Waals surface area (Å²) in [7, 11) is 0. The third kappa shape index (κ3) is 2.56. The van der Waals surface area contributed by atoms with Gasteiger partial charge in [0.1, 0.15) is 0 Å².